The minimum Gasteiger partial charge on any atom is -0.305 e. The second-order valence-corrected chi connectivity index (χ2v) is 6.34. The molecule has 0 amide bonds. The van der Waals surface area contributed by atoms with Gasteiger partial charge in [0.2, 0.25) is 0 Å². The first-order valence-electron chi connectivity index (χ1n) is 6.55. The van der Waals surface area contributed by atoms with Gasteiger partial charge in [0.05, 0.1) is 9.85 Å². The Morgan fingerprint density at radius 1 is 1.20 bits per heavy atom. The van der Waals surface area contributed by atoms with E-state index < -0.39 is 0 Å². The number of halogens is 3. The number of fused-ring (bicyclic) bond motifs is 1. The molecule has 1 aliphatic rings. The highest BCUT2D eigenvalue weighted by atomic mass is 79.9. The maximum atomic E-state index is 13.5. The van der Waals surface area contributed by atoms with Gasteiger partial charge >= 0.3 is 0 Å². The van der Waals surface area contributed by atoms with Crippen LogP contribution in [0.15, 0.2) is 46.9 Å². The van der Waals surface area contributed by atoms with Crippen LogP contribution in [0.2, 0.25) is 0 Å². The molecule has 0 heterocycles. The first kappa shape index (κ1) is 14.1. The normalized spacial score (nSPS) is 20.9. The number of hydrogen-bond acceptors (Lipinski definition) is 1. The first-order chi connectivity index (χ1) is 9.66. The molecule has 0 aromatic heterocycles. The second kappa shape index (κ2) is 5.84. The Bertz CT molecular complexity index is 632. The van der Waals surface area contributed by atoms with Crippen molar-refractivity contribution in [2.45, 2.75) is 24.4 Å². The Balaban J connectivity index is 1.77. The van der Waals surface area contributed by atoms with Gasteiger partial charge in [-0.15, -0.1) is 11.6 Å². The van der Waals surface area contributed by atoms with Crippen molar-refractivity contribution in [3.05, 3.63) is 69.4 Å². The van der Waals surface area contributed by atoms with Gasteiger partial charge in [-0.2, -0.15) is 0 Å². The number of nitrogens with one attached hydrogen (secondary N) is 1. The first-order valence-corrected chi connectivity index (χ1v) is 7.78. The van der Waals surface area contributed by atoms with Crippen molar-refractivity contribution in [2.24, 2.45) is 0 Å². The van der Waals surface area contributed by atoms with Crippen molar-refractivity contribution in [2.75, 3.05) is 0 Å². The van der Waals surface area contributed by atoms with Gasteiger partial charge in [-0.1, -0.05) is 36.4 Å². The van der Waals surface area contributed by atoms with Crippen LogP contribution in [0, 0.1) is 5.82 Å². The van der Waals surface area contributed by atoms with Gasteiger partial charge in [0, 0.05) is 12.6 Å². The predicted molar refractivity (Wildman–Crippen MR) is 83.5 cm³/mol. The van der Waals surface area contributed by atoms with E-state index in [1.54, 1.807) is 6.07 Å². The third-order valence-electron chi connectivity index (χ3n) is 3.71. The summed E-state index contributed by atoms with van der Waals surface area (Å²) in [7, 11) is 0. The number of alkyl halides is 1. The molecule has 2 unspecified atom stereocenters. The lowest BCUT2D eigenvalue weighted by Gasteiger charge is -2.18. The summed E-state index contributed by atoms with van der Waals surface area (Å²) >= 11 is 9.72. The van der Waals surface area contributed by atoms with Crippen LogP contribution in [0.1, 0.15) is 22.7 Å². The standard InChI is InChI=1S/C16H14BrClFN/c17-15-11(5-3-7-14(15)19)9-20-16-12-6-2-1-4-10(12)8-13(16)18/h1-7,13,16,20H,8-9H2. The molecule has 1 N–H and O–H groups in total. The summed E-state index contributed by atoms with van der Waals surface area (Å²) < 4.78 is 14.0. The van der Waals surface area contributed by atoms with Gasteiger partial charge in [-0.25, -0.2) is 4.39 Å². The highest BCUT2D eigenvalue weighted by molar-refractivity contribution is 9.10. The molecule has 0 fully saturated rings. The zero-order chi connectivity index (χ0) is 14.1. The highest BCUT2D eigenvalue weighted by Crippen LogP contribution is 2.35. The van der Waals surface area contributed by atoms with Crippen LogP contribution in [0.3, 0.4) is 0 Å². The predicted octanol–water partition coefficient (Wildman–Crippen LogP) is 4.58. The summed E-state index contributed by atoms with van der Waals surface area (Å²) in [6.07, 6.45) is 0.875. The lowest BCUT2D eigenvalue weighted by molar-refractivity contribution is 0.532. The van der Waals surface area contributed by atoms with E-state index in [9.17, 15) is 4.39 Å². The zero-order valence-electron chi connectivity index (χ0n) is 10.7. The molecule has 1 aliphatic carbocycles. The molecule has 0 bridgehead atoms. The van der Waals surface area contributed by atoms with E-state index in [4.69, 9.17) is 11.6 Å². The molecule has 0 aliphatic heterocycles. The minimum atomic E-state index is -0.237. The van der Waals surface area contributed by atoms with Gasteiger partial charge in [0.25, 0.3) is 0 Å². The molecule has 2 aromatic carbocycles. The topological polar surface area (TPSA) is 12.0 Å². The van der Waals surface area contributed by atoms with Crippen LogP contribution < -0.4 is 5.32 Å². The number of hydrogen-bond donors (Lipinski definition) is 1. The Kier molecular flexibility index (Phi) is 4.11. The maximum absolute atomic E-state index is 13.5. The lowest BCUT2D eigenvalue weighted by atomic mass is 10.1. The Hall–Kier alpha value is -0.900. The van der Waals surface area contributed by atoms with Crippen molar-refractivity contribution in [1.82, 2.24) is 5.32 Å². The summed E-state index contributed by atoms with van der Waals surface area (Å²) in [6, 6.07) is 13.5. The lowest BCUT2D eigenvalue weighted by Crippen LogP contribution is -2.25. The molecular weight excluding hydrogens is 341 g/mol. The zero-order valence-corrected chi connectivity index (χ0v) is 13.1. The van der Waals surface area contributed by atoms with Crippen LogP contribution in [0.5, 0.6) is 0 Å². The Morgan fingerprint density at radius 3 is 2.85 bits per heavy atom. The fraction of sp³-hybridized carbons (Fsp3) is 0.250. The fourth-order valence-corrected chi connectivity index (χ4v) is 3.48. The summed E-state index contributed by atoms with van der Waals surface area (Å²) in [6.45, 7) is 0.584. The van der Waals surface area contributed by atoms with Gasteiger partial charge in [0.1, 0.15) is 5.82 Å². The van der Waals surface area contributed by atoms with Crippen LogP contribution in [-0.2, 0) is 13.0 Å². The fourth-order valence-electron chi connectivity index (χ4n) is 2.69. The molecule has 0 spiro atoms. The van der Waals surface area contributed by atoms with Gasteiger partial charge in [0.15, 0.2) is 0 Å². The average Bonchev–Trinajstić information content (AvgIpc) is 2.76. The van der Waals surface area contributed by atoms with Crippen molar-refractivity contribution >= 4 is 27.5 Å². The third kappa shape index (κ3) is 2.62. The molecule has 0 saturated carbocycles. The van der Waals surface area contributed by atoms with Crippen molar-refractivity contribution in [3.63, 3.8) is 0 Å². The molecule has 2 atom stereocenters. The summed E-state index contributed by atoms with van der Waals surface area (Å²) in [4.78, 5) is 0. The van der Waals surface area contributed by atoms with E-state index in [2.05, 4.69) is 33.4 Å². The molecular formula is C16H14BrClFN. The van der Waals surface area contributed by atoms with E-state index in [1.165, 1.54) is 17.2 Å². The molecule has 3 rings (SSSR count). The molecule has 1 nitrogen and oxygen atoms in total. The van der Waals surface area contributed by atoms with Crippen molar-refractivity contribution in [3.8, 4) is 0 Å². The van der Waals surface area contributed by atoms with Crippen LogP contribution in [0.4, 0.5) is 4.39 Å². The van der Waals surface area contributed by atoms with Crippen LogP contribution in [0.25, 0.3) is 0 Å². The number of rotatable bonds is 3. The quantitative estimate of drug-likeness (QED) is 0.795. The van der Waals surface area contributed by atoms with Gasteiger partial charge < -0.3 is 5.32 Å². The smallest absolute Gasteiger partial charge is 0.137 e. The maximum Gasteiger partial charge on any atom is 0.137 e. The van der Waals surface area contributed by atoms with Gasteiger partial charge in [-0.3, -0.25) is 0 Å². The van der Waals surface area contributed by atoms with Crippen molar-refractivity contribution < 1.29 is 4.39 Å². The van der Waals surface area contributed by atoms with E-state index in [0.717, 1.165) is 12.0 Å². The van der Waals surface area contributed by atoms with E-state index in [-0.39, 0.29) is 17.2 Å². The molecule has 0 saturated heterocycles. The largest absolute Gasteiger partial charge is 0.305 e. The van der Waals surface area contributed by atoms with Crippen LogP contribution in [-0.4, -0.2) is 5.38 Å². The summed E-state index contributed by atoms with van der Waals surface area (Å²) in [5.74, 6) is -0.237. The molecule has 0 radical (unpaired) electrons. The second-order valence-electron chi connectivity index (χ2n) is 4.99. The summed E-state index contributed by atoms with van der Waals surface area (Å²) in [5.41, 5.74) is 3.45. The van der Waals surface area contributed by atoms with E-state index in [0.29, 0.717) is 11.0 Å². The number of benzene rings is 2. The average molecular weight is 355 g/mol. The third-order valence-corrected chi connectivity index (χ3v) is 5.01. The molecule has 104 valence electrons. The monoisotopic (exact) mass is 353 g/mol. The Labute approximate surface area is 131 Å². The van der Waals surface area contributed by atoms with Crippen LogP contribution >= 0.6 is 27.5 Å². The van der Waals surface area contributed by atoms with Gasteiger partial charge in [-0.05, 0) is 45.1 Å². The van der Waals surface area contributed by atoms with E-state index in [1.807, 2.05) is 18.2 Å². The van der Waals surface area contributed by atoms with Crippen molar-refractivity contribution in [1.29, 1.82) is 0 Å². The highest BCUT2D eigenvalue weighted by Gasteiger charge is 2.30. The molecule has 20 heavy (non-hydrogen) atoms. The minimum absolute atomic E-state index is 0.0414. The van der Waals surface area contributed by atoms with E-state index >= 15 is 0 Å². The molecule has 2 aromatic rings. The summed E-state index contributed by atoms with van der Waals surface area (Å²) in [5, 5.41) is 3.48. The SMILES string of the molecule is Fc1cccc(CNC2c3ccccc3CC2Cl)c1Br. The Morgan fingerprint density at radius 2 is 2.00 bits per heavy atom. The molecule has 4 heteroatoms.